The van der Waals surface area contributed by atoms with Gasteiger partial charge in [0.05, 0.1) is 18.8 Å². The standard InChI is InChI=1S/C13H18O3/c1-9-13(2,3)16-12(15-9)10-5-7-11(14-4)8-6-10/h5-9,12H,1-4H3/t9-,12?/m0/s1. The summed E-state index contributed by atoms with van der Waals surface area (Å²) in [6.45, 7) is 6.12. The first-order valence-corrected chi connectivity index (χ1v) is 5.50. The molecule has 1 fully saturated rings. The molecular weight excluding hydrogens is 204 g/mol. The molecule has 0 saturated carbocycles. The summed E-state index contributed by atoms with van der Waals surface area (Å²) >= 11 is 0. The summed E-state index contributed by atoms with van der Waals surface area (Å²) in [5.41, 5.74) is 0.795. The smallest absolute Gasteiger partial charge is 0.185 e. The molecule has 88 valence electrons. The highest BCUT2D eigenvalue weighted by Gasteiger charge is 2.40. The van der Waals surface area contributed by atoms with Crippen molar-refractivity contribution in [2.75, 3.05) is 7.11 Å². The molecule has 3 nitrogen and oxygen atoms in total. The highest BCUT2D eigenvalue weighted by atomic mass is 16.7. The molecule has 2 atom stereocenters. The van der Waals surface area contributed by atoms with E-state index in [4.69, 9.17) is 14.2 Å². The van der Waals surface area contributed by atoms with E-state index in [2.05, 4.69) is 0 Å². The van der Waals surface area contributed by atoms with Gasteiger partial charge in [-0.15, -0.1) is 0 Å². The molecule has 1 heterocycles. The minimum atomic E-state index is -0.268. The van der Waals surface area contributed by atoms with Crippen LogP contribution in [0.3, 0.4) is 0 Å². The topological polar surface area (TPSA) is 27.7 Å². The van der Waals surface area contributed by atoms with Gasteiger partial charge in [0.25, 0.3) is 0 Å². The lowest BCUT2D eigenvalue weighted by Gasteiger charge is -2.19. The lowest BCUT2D eigenvalue weighted by atomic mass is 10.0. The lowest BCUT2D eigenvalue weighted by Crippen LogP contribution is -2.29. The number of ether oxygens (including phenoxy) is 3. The fraction of sp³-hybridized carbons (Fsp3) is 0.538. The number of methoxy groups -OCH3 is 1. The van der Waals surface area contributed by atoms with Crippen molar-refractivity contribution in [2.45, 2.75) is 38.8 Å². The molecule has 1 aliphatic heterocycles. The maximum atomic E-state index is 5.86. The summed E-state index contributed by atoms with van der Waals surface area (Å²) < 4.78 is 16.7. The Morgan fingerprint density at radius 1 is 1.19 bits per heavy atom. The predicted molar refractivity (Wildman–Crippen MR) is 61.4 cm³/mol. The molecule has 2 rings (SSSR count). The molecule has 0 radical (unpaired) electrons. The van der Waals surface area contributed by atoms with Gasteiger partial charge in [0.2, 0.25) is 0 Å². The SMILES string of the molecule is COc1ccc(C2O[C@@H](C)C(C)(C)O2)cc1. The van der Waals surface area contributed by atoms with Gasteiger partial charge in [0, 0.05) is 5.56 Å². The fourth-order valence-corrected chi connectivity index (χ4v) is 1.66. The van der Waals surface area contributed by atoms with Crippen molar-refractivity contribution >= 4 is 0 Å². The second-order valence-electron chi connectivity index (χ2n) is 4.60. The van der Waals surface area contributed by atoms with Gasteiger partial charge in [0.1, 0.15) is 5.75 Å². The average Bonchev–Trinajstić information content (AvgIpc) is 2.54. The first-order valence-electron chi connectivity index (χ1n) is 5.50. The molecule has 1 aromatic rings. The van der Waals surface area contributed by atoms with Gasteiger partial charge in [-0.2, -0.15) is 0 Å². The fourth-order valence-electron chi connectivity index (χ4n) is 1.66. The summed E-state index contributed by atoms with van der Waals surface area (Å²) in [4.78, 5) is 0. The number of hydrogen-bond acceptors (Lipinski definition) is 3. The average molecular weight is 222 g/mol. The van der Waals surface area contributed by atoms with Crippen LogP contribution < -0.4 is 4.74 Å². The molecule has 0 N–H and O–H groups in total. The molecule has 0 amide bonds. The second-order valence-corrected chi connectivity index (χ2v) is 4.60. The Morgan fingerprint density at radius 2 is 1.81 bits per heavy atom. The molecule has 0 aromatic heterocycles. The van der Waals surface area contributed by atoms with E-state index in [-0.39, 0.29) is 18.0 Å². The maximum absolute atomic E-state index is 5.86. The van der Waals surface area contributed by atoms with Gasteiger partial charge in [-0.3, -0.25) is 0 Å². The molecule has 3 heteroatoms. The van der Waals surface area contributed by atoms with Crippen LogP contribution in [-0.2, 0) is 9.47 Å². The zero-order chi connectivity index (χ0) is 11.8. The number of benzene rings is 1. The van der Waals surface area contributed by atoms with E-state index < -0.39 is 0 Å². The Kier molecular flexibility index (Phi) is 2.91. The van der Waals surface area contributed by atoms with Crippen LogP contribution in [0.15, 0.2) is 24.3 Å². The molecule has 1 aromatic carbocycles. The van der Waals surface area contributed by atoms with Crippen LogP contribution in [0.2, 0.25) is 0 Å². The van der Waals surface area contributed by atoms with Gasteiger partial charge in [-0.25, -0.2) is 0 Å². The lowest BCUT2D eigenvalue weighted by molar-refractivity contribution is -0.0831. The van der Waals surface area contributed by atoms with Crippen LogP contribution in [0, 0.1) is 0 Å². The summed E-state index contributed by atoms with van der Waals surface area (Å²) in [6, 6.07) is 7.77. The molecule has 1 unspecified atom stereocenters. The minimum Gasteiger partial charge on any atom is -0.497 e. The van der Waals surface area contributed by atoms with Crippen LogP contribution in [-0.4, -0.2) is 18.8 Å². The van der Waals surface area contributed by atoms with Crippen molar-refractivity contribution in [1.82, 2.24) is 0 Å². The van der Waals surface area contributed by atoms with Gasteiger partial charge in [-0.05, 0) is 32.9 Å². The van der Waals surface area contributed by atoms with Gasteiger partial charge < -0.3 is 14.2 Å². The minimum absolute atomic E-state index is 0.0969. The third-order valence-electron chi connectivity index (χ3n) is 3.11. The van der Waals surface area contributed by atoms with E-state index in [0.29, 0.717) is 0 Å². The molecule has 0 bridgehead atoms. The van der Waals surface area contributed by atoms with E-state index in [0.717, 1.165) is 11.3 Å². The third kappa shape index (κ3) is 2.06. The molecule has 0 aliphatic carbocycles. The zero-order valence-corrected chi connectivity index (χ0v) is 10.2. The summed E-state index contributed by atoms with van der Waals surface area (Å²) in [6.07, 6.45) is -0.171. The van der Waals surface area contributed by atoms with Gasteiger partial charge >= 0.3 is 0 Å². The zero-order valence-electron chi connectivity index (χ0n) is 10.2. The van der Waals surface area contributed by atoms with E-state index in [9.17, 15) is 0 Å². The highest BCUT2D eigenvalue weighted by molar-refractivity contribution is 5.28. The maximum Gasteiger partial charge on any atom is 0.185 e. The van der Waals surface area contributed by atoms with Gasteiger partial charge in [-0.1, -0.05) is 12.1 Å². The Labute approximate surface area is 96.3 Å². The molecule has 1 saturated heterocycles. The van der Waals surface area contributed by atoms with Crippen LogP contribution in [0.5, 0.6) is 5.75 Å². The Balaban J connectivity index is 2.14. The van der Waals surface area contributed by atoms with E-state index in [1.54, 1.807) is 7.11 Å². The van der Waals surface area contributed by atoms with E-state index >= 15 is 0 Å². The Morgan fingerprint density at radius 3 is 2.25 bits per heavy atom. The van der Waals surface area contributed by atoms with Crippen LogP contribution >= 0.6 is 0 Å². The van der Waals surface area contributed by atoms with Crippen molar-refractivity contribution in [3.8, 4) is 5.75 Å². The van der Waals surface area contributed by atoms with E-state index in [1.807, 2.05) is 45.0 Å². The predicted octanol–water partition coefficient (Wildman–Crippen LogP) is 2.91. The van der Waals surface area contributed by atoms with Crippen LogP contribution in [0.1, 0.15) is 32.6 Å². The molecule has 1 aliphatic rings. The highest BCUT2D eigenvalue weighted by Crippen LogP contribution is 2.37. The number of hydrogen-bond donors (Lipinski definition) is 0. The summed E-state index contributed by atoms with van der Waals surface area (Å²) in [7, 11) is 1.66. The van der Waals surface area contributed by atoms with Crippen molar-refractivity contribution in [3.05, 3.63) is 29.8 Å². The van der Waals surface area contributed by atoms with Crippen molar-refractivity contribution < 1.29 is 14.2 Å². The first kappa shape index (κ1) is 11.4. The molecule has 16 heavy (non-hydrogen) atoms. The Bertz CT molecular complexity index is 356. The van der Waals surface area contributed by atoms with Crippen LogP contribution in [0.25, 0.3) is 0 Å². The van der Waals surface area contributed by atoms with Crippen molar-refractivity contribution in [3.63, 3.8) is 0 Å². The van der Waals surface area contributed by atoms with Gasteiger partial charge in [0.15, 0.2) is 6.29 Å². The van der Waals surface area contributed by atoms with Crippen molar-refractivity contribution in [2.24, 2.45) is 0 Å². The Hall–Kier alpha value is -1.06. The molecule has 0 spiro atoms. The first-order chi connectivity index (χ1) is 7.53. The number of rotatable bonds is 2. The normalized spacial score (nSPS) is 28.0. The van der Waals surface area contributed by atoms with Crippen LogP contribution in [0.4, 0.5) is 0 Å². The molecular formula is C13H18O3. The summed E-state index contributed by atoms with van der Waals surface area (Å²) in [5.74, 6) is 0.842. The van der Waals surface area contributed by atoms with E-state index in [1.165, 1.54) is 0 Å². The summed E-state index contributed by atoms with van der Waals surface area (Å²) in [5, 5.41) is 0. The monoisotopic (exact) mass is 222 g/mol. The quantitative estimate of drug-likeness (QED) is 0.770. The largest absolute Gasteiger partial charge is 0.497 e. The second kappa shape index (κ2) is 4.07. The van der Waals surface area contributed by atoms with Crippen molar-refractivity contribution in [1.29, 1.82) is 0 Å². The third-order valence-corrected chi connectivity index (χ3v) is 3.11.